The predicted molar refractivity (Wildman–Crippen MR) is 118 cm³/mol. The van der Waals surface area contributed by atoms with E-state index in [9.17, 15) is 13.2 Å². The number of para-hydroxylation sites is 1. The second-order valence-electron chi connectivity index (χ2n) is 7.09. The molecule has 0 saturated heterocycles. The Balaban J connectivity index is 1.92. The van der Waals surface area contributed by atoms with Crippen LogP contribution < -0.4 is 9.62 Å². The molecule has 0 bridgehead atoms. The average molecular weight is 417 g/mol. The zero-order valence-corrected chi connectivity index (χ0v) is 18.0. The monoisotopic (exact) mass is 416 g/mol. The maximum absolute atomic E-state index is 13.1. The molecule has 0 saturated carbocycles. The number of hydrogen-bond acceptors (Lipinski definition) is 3. The summed E-state index contributed by atoms with van der Waals surface area (Å²) in [5.41, 5.74) is 0.585. The van der Waals surface area contributed by atoms with Crippen LogP contribution in [0.3, 0.4) is 0 Å². The molecule has 1 amide bonds. The molecule has 0 fully saturated rings. The molecule has 2 rings (SSSR count). The van der Waals surface area contributed by atoms with Gasteiger partial charge in [0, 0.05) is 13.0 Å². The van der Waals surface area contributed by atoms with Crippen LogP contribution in [-0.2, 0) is 14.8 Å². The Bertz CT molecular complexity index is 824. The van der Waals surface area contributed by atoms with Gasteiger partial charge >= 0.3 is 0 Å². The first-order chi connectivity index (χ1) is 14.1. The second kappa shape index (κ2) is 12.3. The lowest BCUT2D eigenvalue weighted by Crippen LogP contribution is -2.38. The number of sulfonamides is 1. The number of benzene rings is 2. The van der Waals surface area contributed by atoms with E-state index in [-0.39, 0.29) is 23.9 Å². The second-order valence-corrected chi connectivity index (χ2v) is 8.96. The van der Waals surface area contributed by atoms with Crippen LogP contribution in [0.15, 0.2) is 65.6 Å². The van der Waals surface area contributed by atoms with Crippen LogP contribution in [0.4, 0.5) is 5.69 Å². The Labute approximate surface area is 175 Å². The largest absolute Gasteiger partial charge is 0.354 e. The quantitative estimate of drug-likeness (QED) is 0.479. The van der Waals surface area contributed by atoms with Crippen molar-refractivity contribution in [2.24, 2.45) is 0 Å². The zero-order chi connectivity index (χ0) is 21.0. The maximum atomic E-state index is 13.1. The smallest absolute Gasteiger partial charge is 0.264 e. The van der Waals surface area contributed by atoms with E-state index >= 15 is 0 Å². The predicted octanol–water partition coefficient (Wildman–Crippen LogP) is 4.75. The van der Waals surface area contributed by atoms with Gasteiger partial charge in [-0.05, 0) is 30.7 Å². The van der Waals surface area contributed by atoms with Gasteiger partial charge in [-0.2, -0.15) is 0 Å². The molecule has 0 atom stereocenters. The summed E-state index contributed by atoms with van der Waals surface area (Å²) in [4.78, 5) is 12.3. The molecular formula is C23H32N2O3S. The van der Waals surface area contributed by atoms with E-state index < -0.39 is 10.0 Å². The van der Waals surface area contributed by atoms with Crippen molar-refractivity contribution < 1.29 is 13.2 Å². The molecule has 0 unspecified atom stereocenters. The first-order valence-electron chi connectivity index (χ1n) is 10.4. The summed E-state index contributed by atoms with van der Waals surface area (Å²) in [6.45, 7) is 2.64. The molecule has 0 radical (unpaired) electrons. The molecule has 6 heteroatoms. The average Bonchev–Trinajstić information content (AvgIpc) is 2.75. The number of rotatable bonds is 13. The van der Waals surface area contributed by atoms with Crippen molar-refractivity contribution in [2.45, 2.75) is 56.8 Å². The van der Waals surface area contributed by atoms with Crippen LogP contribution in [0.2, 0.25) is 0 Å². The molecule has 158 valence electrons. The molecule has 5 nitrogen and oxygen atoms in total. The number of hydrogen-bond donors (Lipinski definition) is 1. The van der Waals surface area contributed by atoms with E-state index in [0.29, 0.717) is 12.1 Å². The fourth-order valence-electron chi connectivity index (χ4n) is 3.15. The number of nitrogens with zero attached hydrogens (tertiary/aromatic N) is 1. The van der Waals surface area contributed by atoms with E-state index in [2.05, 4.69) is 12.2 Å². The van der Waals surface area contributed by atoms with Gasteiger partial charge in [-0.25, -0.2) is 8.42 Å². The number of unbranched alkanes of at least 4 members (excludes halogenated alkanes) is 5. The van der Waals surface area contributed by atoms with Crippen molar-refractivity contribution in [3.05, 3.63) is 60.7 Å². The van der Waals surface area contributed by atoms with Crippen LogP contribution >= 0.6 is 0 Å². The molecule has 0 aliphatic carbocycles. The number of carbonyl (C=O) groups excluding carboxylic acids is 1. The molecular weight excluding hydrogens is 384 g/mol. The third-order valence-corrected chi connectivity index (χ3v) is 6.61. The van der Waals surface area contributed by atoms with Gasteiger partial charge in [0.25, 0.3) is 10.0 Å². The van der Waals surface area contributed by atoms with Crippen LogP contribution in [0.25, 0.3) is 0 Å². The van der Waals surface area contributed by atoms with E-state index in [4.69, 9.17) is 0 Å². The van der Waals surface area contributed by atoms with Crippen molar-refractivity contribution in [3.8, 4) is 0 Å². The summed E-state index contributed by atoms with van der Waals surface area (Å²) in [6, 6.07) is 17.4. The number of anilines is 1. The zero-order valence-electron chi connectivity index (χ0n) is 17.2. The molecule has 0 aliphatic rings. The number of amides is 1. The summed E-state index contributed by atoms with van der Waals surface area (Å²) in [5.74, 6) is -0.0226. The van der Waals surface area contributed by atoms with Gasteiger partial charge in [-0.3, -0.25) is 9.10 Å². The minimum Gasteiger partial charge on any atom is -0.354 e. The van der Waals surface area contributed by atoms with E-state index in [0.717, 1.165) is 19.3 Å². The Morgan fingerprint density at radius 3 is 2.10 bits per heavy atom. The number of carbonyl (C=O) groups is 1. The van der Waals surface area contributed by atoms with Gasteiger partial charge in [-0.15, -0.1) is 0 Å². The fraction of sp³-hybridized carbons (Fsp3) is 0.435. The van der Waals surface area contributed by atoms with Crippen molar-refractivity contribution in [1.82, 2.24) is 5.32 Å². The minimum atomic E-state index is -3.70. The lowest BCUT2D eigenvalue weighted by Gasteiger charge is -2.24. The Morgan fingerprint density at radius 1 is 0.862 bits per heavy atom. The summed E-state index contributed by atoms with van der Waals surface area (Å²) < 4.78 is 27.6. The Kier molecular flexibility index (Phi) is 9.71. The van der Waals surface area contributed by atoms with E-state index in [1.54, 1.807) is 54.6 Å². The highest BCUT2D eigenvalue weighted by atomic mass is 32.2. The molecule has 2 aromatic rings. The first-order valence-corrected chi connectivity index (χ1v) is 11.9. The summed E-state index contributed by atoms with van der Waals surface area (Å²) >= 11 is 0. The first kappa shape index (κ1) is 22.9. The Morgan fingerprint density at radius 2 is 1.45 bits per heavy atom. The van der Waals surface area contributed by atoms with Gasteiger partial charge in [-0.1, -0.05) is 75.4 Å². The minimum absolute atomic E-state index is 0.0226. The van der Waals surface area contributed by atoms with Crippen LogP contribution in [0.5, 0.6) is 0 Å². The highest BCUT2D eigenvalue weighted by Crippen LogP contribution is 2.22. The number of nitrogens with one attached hydrogen (secondary N) is 1. The highest BCUT2D eigenvalue weighted by Gasteiger charge is 2.24. The standard InChI is InChI=1S/C23H32N2O3S/c1-2-3-4-5-6-13-18-23(26)24-19-20-25(21-14-9-7-10-15-21)29(27,28)22-16-11-8-12-17-22/h7-12,14-17H,2-6,13,18-20H2,1H3,(H,24,26). The topological polar surface area (TPSA) is 66.5 Å². The van der Waals surface area contributed by atoms with Gasteiger partial charge in [0.2, 0.25) is 5.91 Å². The lowest BCUT2D eigenvalue weighted by molar-refractivity contribution is -0.121. The van der Waals surface area contributed by atoms with Gasteiger partial charge < -0.3 is 5.32 Å². The van der Waals surface area contributed by atoms with Crippen molar-refractivity contribution in [3.63, 3.8) is 0 Å². The lowest BCUT2D eigenvalue weighted by atomic mass is 10.1. The summed E-state index contributed by atoms with van der Waals surface area (Å²) in [5, 5.41) is 2.86. The van der Waals surface area contributed by atoms with Crippen LogP contribution in [0, 0.1) is 0 Å². The van der Waals surface area contributed by atoms with Crippen LogP contribution in [-0.4, -0.2) is 27.4 Å². The third-order valence-electron chi connectivity index (χ3n) is 4.77. The molecule has 0 aromatic heterocycles. The molecule has 0 heterocycles. The Hall–Kier alpha value is -2.34. The van der Waals surface area contributed by atoms with Gasteiger partial charge in [0.15, 0.2) is 0 Å². The molecule has 2 aromatic carbocycles. The molecule has 0 aliphatic heterocycles. The SMILES string of the molecule is CCCCCCCCC(=O)NCCN(c1ccccc1)S(=O)(=O)c1ccccc1. The van der Waals surface area contributed by atoms with Crippen molar-refractivity contribution >= 4 is 21.6 Å². The fourth-order valence-corrected chi connectivity index (χ4v) is 4.64. The molecule has 29 heavy (non-hydrogen) atoms. The van der Waals surface area contributed by atoms with Crippen LogP contribution in [0.1, 0.15) is 51.9 Å². The summed E-state index contributed by atoms with van der Waals surface area (Å²) in [6.07, 6.45) is 7.27. The molecule has 1 N–H and O–H groups in total. The van der Waals surface area contributed by atoms with Gasteiger partial charge in [0.05, 0.1) is 17.1 Å². The van der Waals surface area contributed by atoms with Gasteiger partial charge in [0.1, 0.15) is 0 Å². The van der Waals surface area contributed by atoms with E-state index in [1.165, 1.54) is 23.6 Å². The normalized spacial score (nSPS) is 11.2. The third kappa shape index (κ3) is 7.54. The van der Waals surface area contributed by atoms with Crippen molar-refractivity contribution in [1.29, 1.82) is 0 Å². The van der Waals surface area contributed by atoms with Crippen molar-refractivity contribution in [2.75, 3.05) is 17.4 Å². The highest BCUT2D eigenvalue weighted by molar-refractivity contribution is 7.92. The van der Waals surface area contributed by atoms with E-state index in [1.807, 2.05) is 6.07 Å². The summed E-state index contributed by atoms with van der Waals surface area (Å²) in [7, 11) is -3.70. The molecule has 0 spiro atoms. The maximum Gasteiger partial charge on any atom is 0.264 e.